The molecule has 0 spiro atoms. The fourth-order valence-electron chi connectivity index (χ4n) is 0.822. The first-order valence-corrected chi connectivity index (χ1v) is 4.25. The van der Waals surface area contributed by atoms with Gasteiger partial charge in [-0.2, -0.15) is 0 Å². The number of alkyl carbamates (subject to hydrolysis) is 1. The quantitative estimate of drug-likeness (QED) is 0.660. The number of hydrogen-bond donors (Lipinski definition) is 2. The average Bonchev–Trinajstić information content (AvgIpc) is 2.00. The van der Waals surface area contributed by atoms with Crippen molar-refractivity contribution in [1.82, 2.24) is 5.32 Å². The van der Waals surface area contributed by atoms with Crippen LogP contribution in [0.15, 0.2) is 0 Å². The molecule has 12 heavy (non-hydrogen) atoms. The van der Waals surface area contributed by atoms with E-state index >= 15 is 0 Å². The Balaban J connectivity index is 3.77. The second kappa shape index (κ2) is 5.83. The number of nitrogens with two attached hydrogens (primary N) is 1. The molecule has 0 saturated heterocycles. The van der Waals surface area contributed by atoms with Crippen LogP contribution in [-0.2, 0) is 4.74 Å². The summed E-state index contributed by atoms with van der Waals surface area (Å²) in [6.07, 6.45) is -0.387. The Bertz CT molecular complexity index is 137. The van der Waals surface area contributed by atoms with E-state index in [1.54, 1.807) is 6.92 Å². The van der Waals surface area contributed by atoms with Crippen LogP contribution >= 0.6 is 0 Å². The molecule has 0 bridgehead atoms. The van der Waals surface area contributed by atoms with Gasteiger partial charge in [-0.3, -0.25) is 0 Å². The summed E-state index contributed by atoms with van der Waals surface area (Å²) >= 11 is 0. The van der Waals surface area contributed by atoms with Crippen LogP contribution in [0.4, 0.5) is 4.79 Å². The van der Waals surface area contributed by atoms with Gasteiger partial charge in [0.25, 0.3) is 0 Å². The van der Waals surface area contributed by atoms with E-state index in [0.717, 1.165) is 0 Å². The number of carbonyl (C=O) groups excluding carboxylic acids is 1. The summed E-state index contributed by atoms with van der Waals surface area (Å²) in [7, 11) is 0. The van der Waals surface area contributed by atoms with Gasteiger partial charge in [-0.15, -0.1) is 0 Å². The minimum atomic E-state index is -0.387. The number of hydrogen-bond acceptors (Lipinski definition) is 3. The Labute approximate surface area is 73.5 Å². The lowest BCUT2D eigenvalue weighted by atomic mass is 10.1. The summed E-state index contributed by atoms with van der Waals surface area (Å²) < 4.78 is 4.72. The highest BCUT2D eigenvalue weighted by Gasteiger charge is 2.14. The third-order valence-corrected chi connectivity index (χ3v) is 1.64. The summed E-state index contributed by atoms with van der Waals surface area (Å²) in [5.74, 6) is 0.333. The van der Waals surface area contributed by atoms with Crippen molar-refractivity contribution in [2.75, 3.05) is 13.2 Å². The molecule has 0 fully saturated rings. The second-order valence-electron chi connectivity index (χ2n) is 2.95. The summed E-state index contributed by atoms with van der Waals surface area (Å²) in [5, 5.41) is 2.68. The van der Waals surface area contributed by atoms with Crippen molar-refractivity contribution in [3.63, 3.8) is 0 Å². The molecule has 0 heterocycles. The lowest BCUT2D eigenvalue weighted by molar-refractivity contribution is 0.145. The fraction of sp³-hybridized carbons (Fsp3) is 0.875. The van der Waals surface area contributed by atoms with Gasteiger partial charge in [0, 0.05) is 12.6 Å². The largest absolute Gasteiger partial charge is 0.450 e. The standard InChI is InChI=1S/C8H18N2O2/c1-4-12-8(11)10-7(5-9)6(2)3/h6-7H,4-5,9H2,1-3H3,(H,10,11). The maximum atomic E-state index is 10.9. The highest BCUT2D eigenvalue weighted by Crippen LogP contribution is 1.99. The van der Waals surface area contributed by atoms with Gasteiger partial charge < -0.3 is 15.8 Å². The third kappa shape index (κ3) is 4.18. The third-order valence-electron chi connectivity index (χ3n) is 1.64. The Morgan fingerprint density at radius 3 is 2.50 bits per heavy atom. The van der Waals surface area contributed by atoms with Crippen molar-refractivity contribution in [2.24, 2.45) is 11.7 Å². The lowest BCUT2D eigenvalue weighted by Gasteiger charge is -2.19. The molecular weight excluding hydrogens is 156 g/mol. The van der Waals surface area contributed by atoms with Crippen LogP contribution in [0.5, 0.6) is 0 Å². The zero-order valence-corrected chi connectivity index (χ0v) is 7.96. The van der Waals surface area contributed by atoms with Gasteiger partial charge >= 0.3 is 6.09 Å². The van der Waals surface area contributed by atoms with Crippen molar-refractivity contribution in [2.45, 2.75) is 26.8 Å². The van der Waals surface area contributed by atoms with E-state index in [2.05, 4.69) is 5.32 Å². The van der Waals surface area contributed by atoms with Crippen molar-refractivity contribution in [1.29, 1.82) is 0 Å². The van der Waals surface area contributed by atoms with E-state index < -0.39 is 0 Å². The van der Waals surface area contributed by atoms with Crippen molar-refractivity contribution in [3.8, 4) is 0 Å². The summed E-state index contributed by atoms with van der Waals surface area (Å²) in [6, 6.07) is 0.00375. The first kappa shape index (κ1) is 11.2. The van der Waals surface area contributed by atoms with E-state index in [1.165, 1.54) is 0 Å². The lowest BCUT2D eigenvalue weighted by Crippen LogP contribution is -2.43. The number of amides is 1. The summed E-state index contributed by atoms with van der Waals surface area (Å²) in [6.45, 7) is 6.61. The number of carbonyl (C=O) groups is 1. The molecule has 0 radical (unpaired) electrons. The molecular formula is C8H18N2O2. The second-order valence-corrected chi connectivity index (χ2v) is 2.95. The first-order valence-electron chi connectivity index (χ1n) is 4.25. The van der Waals surface area contributed by atoms with E-state index in [4.69, 9.17) is 10.5 Å². The topological polar surface area (TPSA) is 64.3 Å². The van der Waals surface area contributed by atoms with Gasteiger partial charge in [-0.1, -0.05) is 13.8 Å². The minimum absolute atomic E-state index is 0.00375. The van der Waals surface area contributed by atoms with Gasteiger partial charge in [0.2, 0.25) is 0 Å². The van der Waals surface area contributed by atoms with Crippen LogP contribution < -0.4 is 11.1 Å². The molecule has 0 aliphatic heterocycles. The van der Waals surface area contributed by atoms with Crippen LogP contribution in [0.25, 0.3) is 0 Å². The van der Waals surface area contributed by atoms with Crippen LogP contribution in [0.1, 0.15) is 20.8 Å². The van der Waals surface area contributed by atoms with Crippen LogP contribution in [0, 0.1) is 5.92 Å². The number of ether oxygens (including phenoxy) is 1. The van der Waals surface area contributed by atoms with Crippen LogP contribution in [0.2, 0.25) is 0 Å². The van der Waals surface area contributed by atoms with Crippen molar-refractivity contribution >= 4 is 6.09 Å². The van der Waals surface area contributed by atoms with Crippen molar-refractivity contribution in [3.05, 3.63) is 0 Å². The van der Waals surface area contributed by atoms with Gasteiger partial charge in [0.15, 0.2) is 0 Å². The molecule has 0 aliphatic rings. The molecule has 3 N–H and O–H groups in total. The minimum Gasteiger partial charge on any atom is -0.450 e. The Morgan fingerprint density at radius 2 is 2.17 bits per heavy atom. The zero-order valence-electron chi connectivity index (χ0n) is 7.96. The molecule has 0 rings (SSSR count). The molecule has 0 aromatic rings. The normalized spacial score (nSPS) is 12.8. The van der Waals surface area contributed by atoms with Gasteiger partial charge in [0.1, 0.15) is 0 Å². The molecule has 72 valence electrons. The molecule has 1 atom stereocenters. The predicted molar refractivity (Wildman–Crippen MR) is 47.8 cm³/mol. The van der Waals surface area contributed by atoms with Crippen molar-refractivity contribution < 1.29 is 9.53 Å². The van der Waals surface area contributed by atoms with Crippen LogP contribution in [0.3, 0.4) is 0 Å². The zero-order chi connectivity index (χ0) is 9.56. The average molecular weight is 174 g/mol. The number of nitrogens with one attached hydrogen (secondary N) is 1. The Hall–Kier alpha value is -0.770. The summed E-state index contributed by atoms with van der Waals surface area (Å²) in [5.41, 5.74) is 5.45. The first-order chi connectivity index (χ1) is 5.61. The monoisotopic (exact) mass is 174 g/mol. The molecule has 1 amide bonds. The Kier molecular flexibility index (Phi) is 5.45. The van der Waals surface area contributed by atoms with E-state index in [0.29, 0.717) is 19.1 Å². The Morgan fingerprint density at radius 1 is 1.58 bits per heavy atom. The molecule has 1 unspecified atom stereocenters. The SMILES string of the molecule is CCOC(=O)NC(CN)C(C)C. The smallest absolute Gasteiger partial charge is 0.407 e. The van der Waals surface area contributed by atoms with Gasteiger partial charge in [0.05, 0.1) is 6.61 Å². The number of rotatable bonds is 4. The molecule has 0 aromatic heterocycles. The predicted octanol–water partition coefficient (Wildman–Crippen LogP) is 0.716. The maximum absolute atomic E-state index is 10.9. The highest BCUT2D eigenvalue weighted by atomic mass is 16.5. The van der Waals surface area contributed by atoms with E-state index in [-0.39, 0.29) is 12.1 Å². The fourth-order valence-corrected chi connectivity index (χ4v) is 0.822. The summed E-state index contributed by atoms with van der Waals surface area (Å²) in [4.78, 5) is 10.9. The molecule has 0 aromatic carbocycles. The highest BCUT2D eigenvalue weighted by molar-refractivity contribution is 5.67. The molecule has 4 heteroatoms. The van der Waals surface area contributed by atoms with Gasteiger partial charge in [-0.05, 0) is 12.8 Å². The molecule has 0 saturated carbocycles. The van der Waals surface area contributed by atoms with E-state index in [1.807, 2.05) is 13.8 Å². The van der Waals surface area contributed by atoms with Crippen LogP contribution in [-0.4, -0.2) is 25.3 Å². The van der Waals surface area contributed by atoms with Gasteiger partial charge in [-0.25, -0.2) is 4.79 Å². The molecule has 0 aliphatic carbocycles. The maximum Gasteiger partial charge on any atom is 0.407 e. The van der Waals surface area contributed by atoms with E-state index in [9.17, 15) is 4.79 Å². The molecule has 4 nitrogen and oxygen atoms in total.